The van der Waals surface area contributed by atoms with Gasteiger partial charge >= 0.3 is 6.36 Å². The average Bonchev–Trinajstić information content (AvgIpc) is 2.32. The molecule has 1 aliphatic heterocycles. The van der Waals surface area contributed by atoms with E-state index in [0.717, 1.165) is 24.6 Å². The van der Waals surface area contributed by atoms with Crippen LogP contribution in [0.25, 0.3) is 0 Å². The van der Waals surface area contributed by atoms with E-state index in [9.17, 15) is 13.2 Å². The van der Waals surface area contributed by atoms with Gasteiger partial charge in [0, 0.05) is 31.1 Å². The lowest BCUT2D eigenvalue weighted by molar-refractivity contribution is -0.324. The van der Waals surface area contributed by atoms with E-state index in [1.807, 2.05) is 11.8 Å². The zero-order valence-corrected chi connectivity index (χ0v) is 11.5. The van der Waals surface area contributed by atoms with Gasteiger partial charge in [-0.1, -0.05) is 0 Å². The summed E-state index contributed by atoms with van der Waals surface area (Å²) in [5.41, 5.74) is 0. The van der Waals surface area contributed by atoms with E-state index in [1.165, 1.54) is 13.0 Å². The van der Waals surface area contributed by atoms with E-state index in [1.54, 1.807) is 0 Å². The second-order valence-corrected chi connectivity index (χ2v) is 5.26. The Kier molecular flexibility index (Phi) is 6.98. The number of aliphatic hydroxyl groups is 1. The minimum Gasteiger partial charge on any atom is -0.468 e. The maximum absolute atomic E-state index is 12.0. The van der Waals surface area contributed by atoms with Crippen LogP contribution in [0.1, 0.15) is 6.92 Å². The van der Waals surface area contributed by atoms with Crippen LogP contribution in [-0.2, 0) is 9.47 Å². The van der Waals surface area contributed by atoms with E-state index in [0.29, 0.717) is 6.54 Å². The molecule has 0 aromatic heterocycles. The van der Waals surface area contributed by atoms with Crippen LogP contribution >= 0.6 is 11.8 Å². The fourth-order valence-electron chi connectivity index (χ4n) is 1.53. The average molecular weight is 301 g/mol. The molecule has 0 aromatic rings. The number of hydrogen-bond acceptors (Lipinski definition) is 5. The summed E-state index contributed by atoms with van der Waals surface area (Å²) in [5.74, 6) is 2.02. The number of aliphatic hydroxyl groups excluding tert-OH is 1. The molecular formula is C11H18F3NO3S. The molecule has 1 atom stereocenters. The number of alkyl halides is 3. The summed E-state index contributed by atoms with van der Waals surface area (Å²) in [6.45, 7) is 2.88. The quantitative estimate of drug-likeness (QED) is 0.598. The highest BCUT2D eigenvalue weighted by molar-refractivity contribution is 7.99. The molecule has 0 amide bonds. The van der Waals surface area contributed by atoms with Crippen LogP contribution in [0.5, 0.6) is 0 Å². The first-order chi connectivity index (χ1) is 8.87. The Balaban J connectivity index is 2.46. The van der Waals surface area contributed by atoms with Gasteiger partial charge in [-0.15, -0.1) is 13.2 Å². The van der Waals surface area contributed by atoms with Crippen LogP contribution in [0, 0.1) is 0 Å². The molecule has 0 aromatic carbocycles. The molecule has 1 heterocycles. The molecule has 19 heavy (non-hydrogen) atoms. The second kappa shape index (κ2) is 7.98. The molecule has 0 spiro atoms. The zero-order chi connectivity index (χ0) is 14.3. The number of thioether (sulfide) groups is 1. The Morgan fingerprint density at radius 3 is 2.58 bits per heavy atom. The molecule has 1 fully saturated rings. The highest BCUT2D eigenvalue weighted by Gasteiger charge is 2.29. The van der Waals surface area contributed by atoms with E-state index in [-0.39, 0.29) is 5.76 Å². The van der Waals surface area contributed by atoms with Crippen molar-refractivity contribution in [2.24, 2.45) is 0 Å². The number of rotatable bonds is 6. The van der Waals surface area contributed by atoms with Gasteiger partial charge < -0.3 is 9.84 Å². The Morgan fingerprint density at radius 2 is 2.05 bits per heavy atom. The summed E-state index contributed by atoms with van der Waals surface area (Å²) < 4.78 is 44.5. The van der Waals surface area contributed by atoms with Gasteiger partial charge in [0.05, 0.1) is 0 Å². The molecule has 0 radical (unpaired) electrons. The minimum absolute atomic E-state index is 0.00875. The number of nitrogens with zero attached hydrogens (tertiary/aromatic N) is 1. The SMILES string of the molecule is CC(O)OC(=CCN1CCSCC1)COC(F)(F)F. The molecule has 1 rings (SSSR count). The third-order valence-electron chi connectivity index (χ3n) is 2.38. The van der Waals surface area contributed by atoms with Crippen LogP contribution in [0.2, 0.25) is 0 Å². The van der Waals surface area contributed by atoms with Crippen molar-refractivity contribution in [1.29, 1.82) is 0 Å². The van der Waals surface area contributed by atoms with Crippen molar-refractivity contribution in [2.75, 3.05) is 37.7 Å². The third kappa shape index (κ3) is 8.35. The zero-order valence-electron chi connectivity index (χ0n) is 10.7. The van der Waals surface area contributed by atoms with Crippen molar-refractivity contribution in [3.05, 3.63) is 11.8 Å². The summed E-state index contributed by atoms with van der Waals surface area (Å²) in [5, 5.41) is 9.07. The van der Waals surface area contributed by atoms with Gasteiger partial charge in [0.25, 0.3) is 0 Å². The Bertz CT molecular complexity index is 291. The van der Waals surface area contributed by atoms with Crippen LogP contribution < -0.4 is 0 Å². The summed E-state index contributed by atoms with van der Waals surface area (Å²) in [6.07, 6.45) is -4.35. The smallest absolute Gasteiger partial charge is 0.468 e. The maximum Gasteiger partial charge on any atom is 0.522 e. The van der Waals surface area contributed by atoms with Crippen LogP contribution in [0.15, 0.2) is 11.8 Å². The lowest BCUT2D eigenvalue weighted by atomic mass is 10.4. The first-order valence-electron chi connectivity index (χ1n) is 5.91. The van der Waals surface area contributed by atoms with Crippen LogP contribution in [0.3, 0.4) is 0 Å². The molecule has 112 valence electrons. The molecule has 8 heteroatoms. The number of ether oxygens (including phenoxy) is 2. The molecule has 1 saturated heterocycles. The van der Waals surface area contributed by atoms with Crippen LogP contribution in [0.4, 0.5) is 13.2 Å². The molecule has 0 bridgehead atoms. The van der Waals surface area contributed by atoms with Crippen molar-refractivity contribution in [1.82, 2.24) is 4.90 Å². The lowest BCUT2D eigenvalue weighted by Crippen LogP contribution is -2.33. The van der Waals surface area contributed by atoms with Gasteiger partial charge in [-0.3, -0.25) is 9.64 Å². The van der Waals surface area contributed by atoms with Gasteiger partial charge in [0.15, 0.2) is 6.29 Å². The summed E-state index contributed by atoms with van der Waals surface area (Å²) >= 11 is 1.85. The van der Waals surface area contributed by atoms with Crippen molar-refractivity contribution in [3.63, 3.8) is 0 Å². The Labute approximate surface area is 114 Å². The standard InChI is InChI=1S/C11H18F3NO3S/c1-9(16)18-10(8-17-11(12,13)14)2-3-15-4-6-19-7-5-15/h2,9,16H,3-8H2,1H3. The summed E-state index contributed by atoms with van der Waals surface area (Å²) in [6, 6.07) is 0. The third-order valence-corrected chi connectivity index (χ3v) is 3.32. The van der Waals surface area contributed by atoms with E-state index in [4.69, 9.17) is 9.84 Å². The molecule has 1 N–H and O–H groups in total. The van der Waals surface area contributed by atoms with Crippen molar-refractivity contribution >= 4 is 11.8 Å². The lowest BCUT2D eigenvalue weighted by Gasteiger charge is -2.25. The molecule has 1 aliphatic rings. The van der Waals surface area contributed by atoms with Crippen molar-refractivity contribution in [2.45, 2.75) is 19.6 Å². The maximum atomic E-state index is 12.0. The van der Waals surface area contributed by atoms with E-state index in [2.05, 4.69) is 9.64 Å². The first kappa shape index (κ1) is 16.6. The predicted octanol–water partition coefficient (Wildman–Crippen LogP) is 1.81. The Hall–Kier alpha value is -0.440. The summed E-state index contributed by atoms with van der Waals surface area (Å²) in [4.78, 5) is 2.11. The summed E-state index contributed by atoms with van der Waals surface area (Å²) in [7, 11) is 0. The highest BCUT2D eigenvalue weighted by Crippen LogP contribution is 2.18. The van der Waals surface area contributed by atoms with Gasteiger partial charge in [-0.25, -0.2) is 0 Å². The fraction of sp³-hybridized carbons (Fsp3) is 0.818. The fourth-order valence-corrected chi connectivity index (χ4v) is 2.51. The van der Waals surface area contributed by atoms with Crippen molar-refractivity contribution in [3.8, 4) is 0 Å². The number of hydrogen-bond donors (Lipinski definition) is 1. The molecule has 1 unspecified atom stereocenters. The molecule has 0 aliphatic carbocycles. The minimum atomic E-state index is -4.71. The normalized spacial score (nSPS) is 20.4. The van der Waals surface area contributed by atoms with Crippen LogP contribution in [-0.4, -0.2) is 60.4 Å². The number of halogens is 3. The second-order valence-electron chi connectivity index (χ2n) is 4.03. The molecule has 0 saturated carbocycles. The predicted molar refractivity (Wildman–Crippen MR) is 66.6 cm³/mol. The van der Waals surface area contributed by atoms with E-state index < -0.39 is 19.3 Å². The Morgan fingerprint density at radius 1 is 1.42 bits per heavy atom. The first-order valence-corrected chi connectivity index (χ1v) is 7.07. The monoisotopic (exact) mass is 301 g/mol. The van der Waals surface area contributed by atoms with Gasteiger partial charge in [-0.2, -0.15) is 11.8 Å². The van der Waals surface area contributed by atoms with Gasteiger partial charge in [0.1, 0.15) is 12.4 Å². The molecule has 4 nitrogen and oxygen atoms in total. The van der Waals surface area contributed by atoms with Gasteiger partial charge in [-0.05, 0) is 13.0 Å². The topological polar surface area (TPSA) is 41.9 Å². The molecular weight excluding hydrogens is 283 g/mol. The highest BCUT2D eigenvalue weighted by atomic mass is 32.2. The van der Waals surface area contributed by atoms with Crippen molar-refractivity contribution < 1.29 is 27.8 Å². The van der Waals surface area contributed by atoms with E-state index >= 15 is 0 Å². The largest absolute Gasteiger partial charge is 0.522 e. The van der Waals surface area contributed by atoms with Gasteiger partial charge in [0.2, 0.25) is 0 Å².